The van der Waals surface area contributed by atoms with Crippen molar-refractivity contribution in [3.05, 3.63) is 82.7 Å². The van der Waals surface area contributed by atoms with Crippen molar-refractivity contribution >= 4 is 44.1 Å². The number of carbonyl (C=O) groups is 2. The van der Waals surface area contributed by atoms with Crippen molar-refractivity contribution in [1.29, 1.82) is 0 Å². The number of anilines is 1. The molecule has 198 valence electrons. The molecule has 0 spiro atoms. The number of hydrogen-bond donors (Lipinski definition) is 1. The number of ketones is 1. The largest absolute Gasteiger partial charge is 0.507 e. The number of aromatic nitrogens is 1. The Morgan fingerprint density at radius 2 is 1.87 bits per heavy atom. The van der Waals surface area contributed by atoms with E-state index in [0.29, 0.717) is 39.3 Å². The molecule has 2 atom stereocenters. The molecule has 6 rings (SSSR count). The monoisotopic (exact) mass is 546 g/mol. The van der Waals surface area contributed by atoms with Crippen LogP contribution in [0.3, 0.4) is 0 Å². The number of amides is 1. The Hall–Kier alpha value is -4.44. The van der Waals surface area contributed by atoms with Crippen molar-refractivity contribution in [3.8, 4) is 17.2 Å². The van der Waals surface area contributed by atoms with E-state index in [0.717, 1.165) is 22.6 Å². The number of ether oxygens (including phenoxy) is 3. The van der Waals surface area contributed by atoms with Gasteiger partial charge in [-0.05, 0) is 66.6 Å². The first-order chi connectivity index (χ1) is 18.8. The van der Waals surface area contributed by atoms with Gasteiger partial charge in [0.1, 0.15) is 23.4 Å². The summed E-state index contributed by atoms with van der Waals surface area (Å²) in [5, 5.41) is 11.7. The fourth-order valence-electron chi connectivity index (χ4n) is 5.08. The third-order valence-electron chi connectivity index (χ3n) is 6.88. The Kier molecular flexibility index (Phi) is 5.99. The van der Waals surface area contributed by atoms with Crippen LogP contribution in [0.2, 0.25) is 0 Å². The SMILES string of the molecule is COc1ccc([C@H]2C(=C(O)c3ccc4c(c3)C[C@@H](C)O4)C(=O)C(=O)N2c2nc3ccc(F)cc3s2)cc1OC. The van der Waals surface area contributed by atoms with Gasteiger partial charge in [-0.15, -0.1) is 0 Å². The molecule has 1 N–H and O–H groups in total. The number of Topliss-reactive ketones (excluding diaryl/α,β-unsaturated/α-hetero) is 1. The number of thiazole rings is 1. The van der Waals surface area contributed by atoms with Gasteiger partial charge >= 0.3 is 5.91 Å². The molecule has 0 radical (unpaired) electrons. The molecule has 3 heterocycles. The van der Waals surface area contributed by atoms with Crippen molar-refractivity contribution in [2.75, 3.05) is 19.1 Å². The zero-order chi connectivity index (χ0) is 27.4. The van der Waals surface area contributed by atoms with Crippen LogP contribution < -0.4 is 19.1 Å². The summed E-state index contributed by atoms with van der Waals surface area (Å²) in [6.45, 7) is 1.95. The topological polar surface area (TPSA) is 98.2 Å². The highest BCUT2D eigenvalue weighted by molar-refractivity contribution is 7.22. The Balaban J connectivity index is 1.55. The molecule has 3 aromatic carbocycles. The number of halogens is 1. The standard InChI is InChI=1S/C29H23FN2O6S/c1-14-10-17-11-16(5-8-20(17)38-14)26(33)24-25(15-4-9-21(36-2)22(12-15)37-3)32(28(35)27(24)34)29-31-19-7-6-18(30)13-23(19)39-29/h4-9,11-14,25,33H,10H2,1-3H3/t14-,25+/m1/s1. The van der Waals surface area contributed by atoms with Crippen molar-refractivity contribution in [3.63, 3.8) is 0 Å². The number of aliphatic hydroxyl groups excluding tert-OH is 1. The number of aliphatic hydroxyl groups is 1. The summed E-state index contributed by atoms with van der Waals surface area (Å²) in [5.41, 5.74) is 2.18. The average molecular weight is 547 g/mol. The van der Waals surface area contributed by atoms with E-state index in [1.165, 1.54) is 37.3 Å². The Morgan fingerprint density at radius 1 is 1.08 bits per heavy atom. The number of fused-ring (bicyclic) bond motifs is 2. The van der Waals surface area contributed by atoms with E-state index in [1.54, 1.807) is 36.4 Å². The highest BCUT2D eigenvalue weighted by Gasteiger charge is 2.48. The van der Waals surface area contributed by atoms with Gasteiger partial charge in [0.2, 0.25) is 0 Å². The third-order valence-corrected chi connectivity index (χ3v) is 7.90. The second kappa shape index (κ2) is 9.39. The fraction of sp³-hybridized carbons (Fsp3) is 0.207. The van der Waals surface area contributed by atoms with Crippen LogP contribution in [0.1, 0.15) is 29.7 Å². The second-order valence-corrected chi connectivity index (χ2v) is 10.4. The molecule has 1 fully saturated rings. The van der Waals surface area contributed by atoms with E-state index in [4.69, 9.17) is 14.2 Å². The molecule has 8 nitrogen and oxygen atoms in total. The van der Waals surface area contributed by atoms with Gasteiger partial charge in [-0.1, -0.05) is 17.4 Å². The van der Waals surface area contributed by atoms with Gasteiger partial charge in [-0.2, -0.15) is 0 Å². The van der Waals surface area contributed by atoms with Crippen molar-refractivity contribution in [2.45, 2.75) is 25.5 Å². The Morgan fingerprint density at radius 3 is 2.64 bits per heavy atom. The lowest BCUT2D eigenvalue weighted by atomic mass is 9.94. The molecule has 1 saturated heterocycles. The van der Waals surface area contributed by atoms with Crippen LogP contribution >= 0.6 is 11.3 Å². The molecule has 0 unspecified atom stereocenters. The number of carbonyl (C=O) groups excluding carboxylic acids is 2. The molecule has 10 heteroatoms. The predicted octanol–water partition coefficient (Wildman–Crippen LogP) is 5.40. The smallest absolute Gasteiger partial charge is 0.301 e. The Bertz CT molecular complexity index is 1700. The van der Waals surface area contributed by atoms with Gasteiger partial charge in [0.05, 0.1) is 36.1 Å². The normalized spacial score (nSPS) is 19.8. The van der Waals surface area contributed by atoms with Gasteiger partial charge < -0.3 is 19.3 Å². The summed E-state index contributed by atoms with van der Waals surface area (Å²) in [5.74, 6) is -0.900. The number of benzene rings is 3. The number of nitrogens with zero attached hydrogens (tertiary/aromatic N) is 2. The molecule has 2 aliphatic heterocycles. The van der Waals surface area contributed by atoms with Gasteiger partial charge in [0, 0.05) is 12.0 Å². The maximum atomic E-state index is 13.9. The first-order valence-corrected chi connectivity index (χ1v) is 13.0. The average Bonchev–Trinajstić information content (AvgIpc) is 3.59. The molecule has 0 aliphatic carbocycles. The first kappa shape index (κ1) is 24.9. The van der Waals surface area contributed by atoms with Gasteiger partial charge in [-0.3, -0.25) is 14.5 Å². The van der Waals surface area contributed by atoms with E-state index < -0.39 is 23.5 Å². The van der Waals surface area contributed by atoms with Crippen molar-refractivity contribution in [2.24, 2.45) is 0 Å². The lowest BCUT2D eigenvalue weighted by Crippen LogP contribution is -2.29. The number of methoxy groups -OCH3 is 2. The van der Waals surface area contributed by atoms with Crippen LogP contribution in [0.4, 0.5) is 9.52 Å². The summed E-state index contributed by atoms with van der Waals surface area (Å²) in [6, 6.07) is 13.3. The maximum absolute atomic E-state index is 13.9. The summed E-state index contributed by atoms with van der Waals surface area (Å²) in [4.78, 5) is 32.9. The summed E-state index contributed by atoms with van der Waals surface area (Å²) in [7, 11) is 2.98. The quantitative estimate of drug-likeness (QED) is 0.203. The molecule has 0 bridgehead atoms. The van der Waals surface area contributed by atoms with Crippen molar-refractivity contribution < 1.29 is 33.3 Å². The lowest BCUT2D eigenvalue weighted by Gasteiger charge is -2.23. The van der Waals surface area contributed by atoms with E-state index in [2.05, 4.69) is 4.98 Å². The molecular weight excluding hydrogens is 523 g/mol. The maximum Gasteiger partial charge on any atom is 0.301 e. The van der Waals surface area contributed by atoms with E-state index in [-0.39, 0.29) is 22.6 Å². The zero-order valence-corrected chi connectivity index (χ0v) is 22.0. The number of hydrogen-bond acceptors (Lipinski definition) is 8. The Labute approximate surface area is 226 Å². The van der Waals surface area contributed by atoms with Gasteiger partial charge in [0.15, 0.2) is 16.6 Å². The van der Waals surface area contributed by atoms with Crippen LogP contribution in [0, 0.1) is 5.82 Å². The summed E-state index contributed by atoms with van der Waals surface area (Å²) >= 11 is 1.08. The second-order valence-electron chi connectivity index (χ2n) is 9.35. The molecule has 1 amide bonds. The van der Waals surface area contributed by atoms with E-state index in [1.807, 2.05) is 6.92 Å². The summed E-state index contributed by atoms with van der Waals surface area (Å²) in [6.07, 6.45) is 0.658. The minimum absolute atomic E-state index is 0.00128. The molecular formula is C29H23FN2O6S. The predicted molar refractivity (Wildman–Crippen MR) is 144 cm³/mol. The van der Waals surface area contributed by atoms with Crippen LogP contribution in [-0.2, 0) is 16.0 Å². The van der Waals surface area contributed by atoms with Gasteiger partial charge in [0.25, 0.3) is 5.78 Å². The number of rotatable bonds is 5. The first-order valence-electron chi connectivity index (χ1n) is 12.2. The van der Waals surface area contributed by atoms with E-state index >= 15 is 0 Å². The van der Waals surface area contributed by atoms with Crippen LogP contribution in [0.5, 0.6) is 17.2 Å². The minimum Gasteiger partial charge on any atom is -0.507 e. The van der Waals surface area contributed by atoms with Crippen LogP contribution in [0.15, 0.2) is 60.2 Å². The zero-order valence-electron chi connectivity index (χ0n) is 21.2. The van der Waals surface area contributed by atoms with E-state index in [9.17, 15) is 19.1 Å². The van der Waals surface area contributed by atoms with Crippen LogP contribution in [0.25, 0.3) is 16.0 Å². The molecule has 1 aromatic heterocycles. The highest BCUT2D eigenvalue weighted by atomic mass is 32.1. The highest BCUT2D eigenvalue weighted by Crippen LogP contribution is 2.46. The molecule has 4 aromatic rings. The van der Waals surface area contributed by atoms with Gasteiger partial charge in [-0.25, -0.2) is 9.37 Å². The summed E-state index contributed by atoms with van der Waals surface area (Å²) < 4.78 is 31.0. The fourth-order valence-corrected chi connectivity index (χ4v) is 6.10. The molecule has 0 saturated carbocycles. The third kappa shape index (κ3) is 4.08. The molecule has 2 aliphatic rings. The minimum atomic E-state index is -1.03. The molecule has 39 heavy (non-hydrogen) atoms. The van der Waals surface area contributed by atoms with Crippen LogP contribution in [-0.4, -0.2) is 42.1 Å². The lowest BCUT2D eigenvalue weighted by molar-refractivity contribution is -0.132. The van der Waals surface area contributed by atoms with Crippen molar-refractivity contribution in [1.82, 2.24) is 4.98 Å².